The third-order valence-corrected chi connectivity index (χ3v) is 4.29. The third-order valence-electron chi connectivity index (χ3n) is 2.54. The van der Waals surface area contributed by atoms with Crippen molar-refractivity contribution >= 4 is 15.7 Å². The molecule has 0 aliphatic carbocycles. The minimum absolute atomic E-state index is 0.342. The Kier molecular flexibility index (Phi) is 2.91. The summed E-state index contributed by atoms with van der Waals surface area (Å²) >= 11 is 0. The van der Waals surface area contributed by atoms with Gasteiger partial charge in [-0.05, 0) is 51.0 Å². The molecule has 94 valence electrons. The summed E-state index contributed by atoms with van der Waals surface area (Å²) in [5, 5.41) is 3.21. The fourth-order valence-electron chi connectivity index (χ4n) is 1.91. The molecule has 1 aliphatic heterocycles. The van der Waals surface area contributed by atoms with Crippen LogP contribution >= 0.6 is 0 Å². The van der Waals surface area contributed by atoms with Crippen LogP contribution in [0.2, 0.25) is 0 Å². The number of rotatable bonds is 2. The van der Waals surface area contributed by atoms with Crippen molar-refractivity contribution in [2.24, 2.45) is 0 Å². The lowest BCUT2D eigenvalue weighted by atomic mass is 10.1. The minimum Gasteiger partial charge on any atom is -0.384 e. The van der Waals surface area contributed by atoms with E-state index in [1.54, 1.807) is 12.1 Å². The van der Waals surface area contributed by atoms with Crippen molar-refractivity contribution in [2.75, 3.05) is 11.9 Å². The molecule has 0 fully saturated rings. The molecule has 0 radical (unpaired) electrons. The van der Waals surface area contributed by atoms with Crippen LogP contribution in [-0.2, 0) is 16.4 Å². The molecule has 2 N–H and O–H groups in total. The molecular weight excluding hydrogens is 236 g/mol. The number of fused-ring (bicyclic) bond motifs is 1. The zero-order chi connectivity index (χ0) is 12.7. The number of hydrogen-bond acceptors (Lipinski definition) is 3. The molecule has 4 nitrogen and oxygen atoms in total. The average Bonchev–Trinajstić information content (AvgIpc) is 2.59. The molecule has 0 spiro atoms. The van der Waals surface area contributed by atoms with Gasteiger partial charge >= 0.3 is 0 Å². The van der Waals surface area contributed by atoms with Crippen LogP contribution in [0.5, 0.6) is 0 Å². The normalized spacial score (nSPS) is 15.5. The van der Waals surface area contributed by atoms with Gasteiger partial charge < -0.3 is 5.32 Å². The molecule has 0 saturated carbocycles. The lowest BCUT2D eigenvalue weighted by Crippen LogP contribution is -2.40. The van der Waals surface area contributed by atoms with Crippen molar-refractivity contribution in [2.45, 2.75) is 37.6 Å². The van der Waals surface area contributed by atoms with E-state index in [1.165, 1.54) is 0 Å². The Hall–Kier alpha value is -1.07. The standard InChI is InChI=1S/C12H18N2O2S/c1-12(2,3)14-17(15,16)10-4-5-11-9(8-10)6-7-13-11/h4-5,8,13-14H,6-7H2,1-3H3. The first kappa shape index (κ1) is 12.4. The SMILES string of the molecule is CC(C)(C)NS(=O)(=O)c1ccc2c(c1)CCN2. The van der Waals surface area contributed by atoms with Crippen molar-refractivity contribution in [3.05, 3.63) is 23.8 Å². The predicted octanol–water partition coefficient (Wildman–Crippen LogP) is 1.73. The highest BCUT2D eigenvalue weighted by molar-refractivity contribution is 7.89. The van der Waals surface area contributed by atoms with E-state index in [0.717, 1.165) is 24.2 Å². The number of nitrogens with one attached hydrogen (secondary N) is 2. The third kappa shape index (κ3) is 2.79. The topological polar surface area (TPSA) is 58.2 Å². The Labute approximate surface area is 102 Å². The van der Waals surface area contributed by atoms with Gasteiger partial charge in [0.2, 0.25) is 10.0 Å². The van der Waals surface area contributed by atoms with Crippen LogP contribution in [0, 0.1) is 0 Å². The highest BCUT2D eigenvalue weighted by atomic mass is 32.2. The maximum atomic E-state index is 12.1. The molecule has 0 aromatic heterocycles. The molecule has 2 rings (SSSR count). The maximum Gasteiger partial charge on any atom is 0.241 e. The van der Waals surface area contributed by atoms with E-state index in [0.29, 0.717) is 4.90 Å². The first-order valence-electron chi connectivity index (χ1n) is 5.69. The van der Waals surface area contributed by atoms with Crippen molar-refractivity contribution in [1.29, 1.82) is 0 Å². The van der Waals surface area contributed by atoms with Crippen LogP contribution in [0.3, 0.4) is 0 Å². The van der Waals surface area contributed by atoms with Gasteiger partial charge in [-0.25, -0.2) is 13.1 Å². The van der Waals surface area contributed by atoms with Gasteiger partial charge in [0, 0.05) is 17.8 Å². The van der Waals surface area contributed by atoms with E-state index in [4.69, 9.17) is 0 Å². The average molecular weight is 254 g/mol. The Morgan fingerprint density at radius 2 is 2.00 bits per heavy atom. The Morgan fingerprint density at radius 1 is 1.29 bits per heavy atom. The number of hydrogen-bond donors (Lipinski definition) is 2. The number of benzene rings is 1. The summed E-state index contributed by atoms with van der Waals surface area (Å²) in [5.41, 5.74) is 1.65. The Bertz CT molecular complexity index is 530. The zero-order valence-electron chi connectivity index (χ0n) is 10.4. The summed E-state index contributed by atoms with van der Waals surface area (Å²) < 4.78 is 26.9. The van der Waals surface area contributed by atoms with E-state index in [-0.39, 0.29) is 0 Å². The van der Waals surface area contributed by atoms with Gasteiger partial charge in [0.1, 0.15) is 0 Å². The van der Waals surface area contributed by atoms with Crippen molar-refractivity contribution < 1.29 is 8.42 Å². The van der Waals surface area contributed by atoms with Gasteiger partial charge in [0.25, 0.3) is 0 Å². The Balaban J connectivity index is 2.34. The fourth-order valence-corrected chi connectivity index (χ4v) is 3.38. The molecule has 0 saturated heterocycles. The van der Waals surface area contributed by atoms with Crippen molar-refractivity contribution in [1.82, 2.24) is 4.72 Å². The van der Waals surface area contributed by atoms with Gasteiger partial charge in [0.05, 0.1) is 4.90 Å². The van der Waals surface area contributed by atoms with Gasteiger partial charge in [0.15, 0.2) is 0 Å². The van der Waals surface area contributed by atoms with Crippen LogP contribution in [0.15, 0.2) is 23.1 Å². The predicted molar refractivity (Wildman–Crippen MR) is 68.7 cm³/mol. The summed E-state index contributed by atoms with van der Waals surface area (Å²) in [7, 11) is -3.42. The summed E-state index contributed by atoms with van der Waals surface area (Å²) in [6.45, 7) is 6.38. The summed E-state index contributed by atoms with van der Waals surface area (Å²) in [5.74, 6) is 0. The molecule has 0 bridgehead atoms. The largest absolute Gasteiger partial charge is 0.384 e. The van der Waals surface area contributed by atoms with Crippen LogP contribution in [-0.4, -0.2) is 20.5 Å². The van der Waals surface area contributed by atoms with Crippen molar-refractivity contribution in [3.63, 3.8) is 0 Å². The minimum atomic E-state index is -3.42. The van der Waals surface area contributed by atoms with Gasteiger partial charge in [-0.2, -0.15) is 0 Å². The summed E-state index contributed by atoms with van der Waals surface area (Å²) in [6.07, 6.45) is 0.883. The molecule has 1 aromatic rings. The molecule has 0 unspecified atom stereocenters. The van der Waals surface area contributed by atoms with E-state index >= 15 is 0 Å². The Morgan fingerprint density at radius 3 is 2.65 bits per heavy atom. The molecule has 5 heteroatoms. The maximum absolute atomic E-state index is 12.1. The molecule has 0 atom stereocenters. The highest BCUT2D eigenvalue weighted by Gasteiger charge is 2.23. The van der Waals surface area contributed by atoms with Crippen LogP contribution in [0.25, 0.3) is 0 Å². The van der Waals surface area contributed by atoms with E-state index in [1.807, 2.05) is 26.8 Å². The van der Waals surface area contributed by atoms with Crippen LogP contribution in [0.4, 0.5) is 5.69 Å². The molecule has 17 heavy (non-hydrogen) atoms. The second-order valence-corrected chi connectivity index (χ2v) is 7.03. The lowest BCUT2D eigenvalue weighted by molar-refractivity contribution is 0.491. The highest BCUT2D eigenvalue weighted by Crippen LogP contribution is 2.25. The van der Waals surface area contributed by atoms with E-state index in [2.05, 4.69) is 10.0 Å². The summed E-state index contributed by atoms with van der Waals surface area (Å²) in [4.78, 5) is 0.342. The second kappa shape index (κ2) is 3.99. The summed E-state index contributed by atoms with van der Waals surface area (Å²) in [6, 6.07) is 5.23. The van der Waals surface area contributed by atoms with Crippen molar-refractivity contribution in [3.8, 4) is 0 Å². The number of anilines is 1. The first-order valence-corrected chi connectivity index (χ1v) is 7.17. The molecule has 0 amide bonds. The second-order valence-electron chi connectivity index (χ2n) is 5.35. The first-order chi connectivity index (χ1) is 7.78. The molecule has 1 heterocycles. The smallest absolute Gasteiger partial charge is 0.241 e. The monoisotopic (exact) mass is 254 g/mol. The number of sulfonamides is 1. The van der Waals surface area contributed by atoms with Crippen LogP contribution in [0.1, 0.15) is 26.3 Å². The van der Waals surface area contributed by atoms with Gasteiger partial charge in [-0.3, -0.25) is 0 Å². The van der Waals surface area contributed by atoms with Crippen LogP contribution < -0.4 is 10.0 Å². The molecule has 1 aliphatic rings. The van der Waals surface area contributed by atoms with E-state index < -0.39 is 15.6 Å². The zero-order valence-corrected chi connectivity index (χ0v) is 11.2. The lowest BCUT2D eigenvalue weighted by Gasteiger charge is -2.20. The van der Waals surface area contributed by atoms with E-state index in [9.17, 15) is 8.42 Å². The van der Waals surface area contributed by atoms with Gasteiger partial charge in [-0.15, -0.1) is 0 Å². The fraction of sp³-hybridized carbons (Fsp3) is 0.500. The van der Waals surface area contributed by atoms with Gasteiger partial charge in [-0.1, -0.05) is 0 Å². The quantitative estimate of drug-likeness (QED) is 0.845. The molecular formula is C12H18N2O2S. The molecule has 1 aromatic carbocycles.